The summed E-state index contributed by atoms with van der Waals surface area (Å²) in [6.07, 6.45) is -2.50. The minimum atomic E-state index is -4.71. The molecule has 0 radical (unpaired) electrons. The molecule has 0 saturated heterocycles. The van der Waals surface area contributed by atoms with E-state index in [0.29, 0.717) is 42.5 Å². The van der Waals surface area contributed by atoms with Crippen LogP contribution in [0.25, 0.3) is 34.0 Å². The lowest BCUT2D eigenvalue weighted by atomic mass is 9.79. The molecule has 0 spiro atoms. The van der Waals surface area contributed by atoms with Crippen molar-refractivity contribution in [2.45, 2.75) is 37.9 Å². The molecule has 2 aromatic heterocycles. The van der Waals surface area contributed by atoms with Gasteiger partial charge in [0.05, 0.1) is 5.92 Å². The van der Waals surface area contributed by atoms with Gasteiger partial charge in [-0.1, -0.05) is 46.7 Å². The van der Waals surface area contributed by atoms with Gasteiger partial charge < -0.3 is 19.1 Å². The number of carboxylic acids is 1. The van der Waals surface area contributed by atoms with Crippen LogP contribution < -0.4 is 4.90 Å². The molecule has 37 heavy (non-hydrogen) atoms. The standard InChI is InChI=1S/C27H22F3N3O4/c1-33(18-12-16(13-18)26(34)35)17-8-10-19-15(11-17)7-9-20-23(19)32-36-24(20)25-21(27(28,29)30)22(31-37-25)14-5-3-2-4-6-14/h2-6,8,10-11,16,18H,7,9,12-13H2,1H3,(H,34,35). The van der Waals surface area contributed by atoms with Gasteiger partial charge in [0.2, 0.25) is 11.5 Å². The van der Waals surface area contributed by atoms with E-state index in [4.69, 9.17) is 14.2 Å². The Bertz CT molecular complexity index is 1490. The number of alkyl halides is 3. The Morgan fingerprint density at radius 1 is 1.00 bits per heavy atom. The lowest BCUT2D eigenvalue weighted by molar-refractivity contribution is -0.145. The fourth-order valence-electron chi connectivity index (χ4n) is 5.25. The summed E-state index contributed by atoms with van der Waals surface area (Å²) >= 11 is 0. The number of nitrogens with zero attached hydrogens (tertiary/aromatic N) is 3. The third-order valence-electron chi connectivity index (χ3n) is 7.42. The van der Waals surface area contributed by atoms with E-state index >= 15 is 0 Å². The molecule has 2 aliphatic rings. The Morgan fingerprint density at radius 2 is 1.70 bits per heavy atom. The maximum Gasteiger partial charge on any atom is 0.422 e. The second-order valence-corrected chi connectivity index (χ2v) is 9.55. The molecule has 0 atom stereocenters. The van der Waals surface area contributed by atoms with Gasteiger partial charge >= 0.3 is 12.1 Å². The Kier molecular flexibility index (Phi) is 5.36. The summed E-state index contributed by atoms with van der Waals surface area (Å²) < 4.78 is 53.3. The number of hydrogen-bond donors (Lipinski definition) is 1. The average Bonchev–Trinajstić information content (AvgIpc) is 3.47. The fourth-order valence-corrected chi connectivity index (χ4v) is 5.25. The minimum absolute atomic E-state index is 0.0574. The van der Waals surface area contributed by atoms with Crippen molar-refractivity contribution in [3.8, 4) is 34.0 Å². The number of anilines is 1. The summed E-state index contributed by atoms with van der Waals surface area (Å²) in [6.45, 7) is 0. The zero-order chi connectivity index (χ0) is 25.9. The second-order valence-electron chi connectivity index (χ2n) is 9.55. The lowest BCUT2D eigenvalue weighted by Crippen LogP contribution is -2.45. The van der Waals surface area contributed by atoms with Crippen LogP contribution in [-0.4, -0.2) is 34.5 Å². The molecule has 10 heteroatoms. The van der Waals surface area contributed by atoms with Gasteiger partial charge in [0.25, 0.3) is 0 Å². The summed E-state index contributed by atoms with van der Waals surface area (Å²) in [5.74, 6) is -1.60. The molecule has 0 amide bonds. The van der Waals surface area contributed by atoms with E-state index < -0.39 is 23.5 Å². The highest BCUT2D eigenvalue weighted by Gasteiger charge is 2.43. The monoisotopic (exact) mass is 509 g/mol. The van der Waals surface area contributed by atoms with Crippen molar-refractivity contribution < 1.29 is 32.1 Å². The first kappa shape index (κ1) is 23.3. The number of carbonyl (C=O) groups is 1. The van der Waals surface area contributed by atoms with E-state index in [9.17, 15) is 18.0 Å². The Labute approximate surface area is 209 Å². The number of carboxylic acid groups (broad SMARTS) is 1. The Hall–Kier alpha value is -4.08. The van der Waals surface area contributed by atoms with E-state index in [0.717, 1.165) is 16.8 Å². The van der Waals surface area contributed by atoms with Gasteiger partial charge in [0.15, 0.2) is 0 Å². The summed E-state index contributed by atoms with van der Waals surface area (Å²) in [7, 11) is 1.94. The van der Waals surface area contributed by atoms with Crippen molar-refractivity contribution in [3.63, 3.8) is 0 Å². The largest absolute Gasteiger partial charge is 0.481 e. The number of rotatable bonds is 5. The van der Waals surface area contributed by atoms with Crippen LogP contribution in [0.5, 0.6) is 0 Å². The summed E-state index contributed by atoms with van der Waals surface area (Å²) in [6, 6.07) is 14.1. The fraction of sp³-hybridized carbons (Fsp3) is 0.296. The molecule has 1 N–H and O–H groups in total. The zero-order valence-electron chi connectivity index (χ0n) is 19.7. The summed E-state index contributed by atoms with van der Waals surface area (Å²) in [5, 5.41) is 17.0. The number of aromatic nitrogens is 2. The van der Waals surface area contributed by atoms with Gasteiger partial charge in [-0.15, -0.1) is 0 Å². The summed E-state index contributed by atoms with van der Waals surface area (Å²) in [4.78, 5) is 13.2. The van der Waals surface area contributed by atoms with Crippen molar-refractivity contribution in [3.05, 3.63) is 65.2 Å². The number of benzene rings is 2. The van der Waals surface area contributed by atoms with Crippen LogP contribution in [0.2, 0.25) is 0 Å². The molecule has 1 fully saturated rings. The maximum absolute atomic E-state index is 14.2. The van der Waals surface area contributed by atoms with Crippen molar-refractivity contribution >= 4 is 11.7 Å². The van der Waals surface area contributed by atoms with Crippen LogP contribution in [0.15, 0.2) is 57.6 Å². The molecule has 0 unspecified atom stereocenters. The predicted molar refractivity (Wildman–Crippen MR) is 128 cm³/mol. The van der Waals surface area contributed by atoms with E-state index in [1.807, 2.05) is 25.2 Å². The first-order valence-electron chi connectivity index (χ1n) is 11.9. The highest BCUT2D eigenvalue weighted by atomic mass is 19.4. The third-order valence-corrected chi connectivity index (χ3v) is 7.42. The van der Waals surface area contributed by atoms with Gasteiger partial charge in [0, 0.05) is 35.5 Å². The number of aryl methyl sites for hydroxylation is 1. The van der Waals surface area contributed by atoms with Crippen LogP contribution in [0.1, 0.15) is 29.5 Å². The quantitative estimate of drug-likeness (QED) is 0.349. The van der Waals surface area contributed by atoms with E-state index in [1.165, 1.54) is 0 Å². The smallest absolute Gasteiger partial charge is 0.422 e. The molecular formula is C27H22F3N3O4. The van der Waals surface area contributed by atoms with Crippen LogP contribution in [0.4, 0.5) is 18.9 Å². The van der Waals surface area contributed by atoms with E-state index in [1.54, 1.807) is 30.3 Å². The Balaban J connectivity index is 1.34. The number of aliphatic carboxylic acids is 1. The molecule has 4 aromatic rings. The molecule has 190 valence electrons. The SMILES string of the molecule is CN(c1ccc2c(c1)CCc1c-2noc1-c1onc(-c2ccccc2)c1C(F)(F)F)C1CC(C(=O)O)C1. The minimum Gasteiger partial charge on any atom is -0.481 e. The molecular weight excluding hydrogens is 487 g/mol. The van der Waals surface area contributed by atoms with Crippen molar-refractivity contribution in [2.24, 2.45) is 5.92 Å². The van der Waals surface area contributed by atoms with Gasteiger partial charge in [-0.25, -0.2) is 0 Å². The molecule has 2 aromatic carbocycles. The van der Waals surface area contributed by atoms with E-state index in [2.05, 4.69) is 15.2 Å². The molecule has 1 saturated carbocycles. The zero-order valence-corrected chi connectivity index (χ0v) is 19.7. The van der Waals surface area contributed by atoms with Crippen LogP contribution in [0, 0.1) is 5.92 Å². The molecule has 0 bridgehead atoms. The van der Waals surface area contributed by atoms with Crippen molar-refractivity contribution in [1.82, 2.24) is 10.3 Å². The van der Waals surface area contributed by atoms with Crippen molar-refractivity contribution in [1.29, 1.82) is 0 Å². The van der Waals surface area contributed by atoms with Gasteiger partial charge in [-0.3, -0.25) is 4.79 Å². The van der Waals surface area contributed by atoms with Crippen LogP contribution in [0.3, 0.4) is 0 Å². The second kappa shape index (κ2) is 8.50. The molecule has 6 rings (SSSR count). The normalized spacial score (nSPS) is 18.6. The maximum atomic E-state index is 14.2. The van der Waals surface area contributed by atoms with Crippen LogP contribution >= 0.6 is 0 Å². The predicted octanol–water partition coefficient (Wildman–Crippen LogP) is 6.08. The number of fused-ring (bicyclic) bond motifs is 3. The van der Waals surface area contributed by atoms with Crippen LogP contribution in [-0.2, 0) is 23.8 Å². The topological polar surface area (TPSA) is 92.6 Å². The van der Waals surface area contributed by atoms with Crippen molar-refractivity contribution in [2.75, 3.05) is 11.9 Å². The molecule has 0 aliphatic heterocycles. The highest BCUT2D eigenvalue weighted by Crippen LogP contribution is 2.47. The first-order valence-corrected chi connectivity index (χ1v) is 11.9. The third kappa shape index (κ3) is 3.87. The number of halogens is 3. The molecule has 7 nitrogen and oxygen atoms in total. The van der Waals surface area contributed by atoms with Gasteiger partial charge in [0.1, 0.15) is 17.0 Å². The number of hydrogen-bond acceptors (Lipinski definition) is 6. The molecule has 2 aliphatic carbocycles. The van der Waals surface area contributed by atoms with Gasteiger partial charge in [-0.05, 0) is 43.4 Å². The molecule has 2 heterocycles. The first-order chi connectivity index (χ1) is 17.7. The van der Waals surface area contributed by atoms with E-state index in [-0.39, 0.29) is 23.4 Å². The highest BCUT2D eigenvalue weighted by molar-refractivity contribution is 5.80. The Morgan fingerprint density at radius 3 is 2.41 bits per heavy atom. The van der Waals surface area contributed by atoms with Gasteiger partial charge in [-0.2, -0.15) is 13.2 Å². The average molecular weight is 509 g/mol. The summed E-state index contributed by atoms with van der Waals surface area (Å²) in [5.41, 5.74) is 2.82. The lowest BCUT2D eigenvalue weighted by Gasteiger charge is -2.40.